The lowest BCUT2D eigenvalue weighted by atomic mass is 10.0. The van der Waals surface area contributed by atoms with Crippen LogP contribution < -0.4 is 16.8 Å². The second-order valence-corrected chi connectivity index (χ2v) is 8.42. The van der Waals surface area contributed by atoms with Crippen molar-refractivity contribution in [2.75, 3.05) is 13.2 Å². The maximum absolute atomic E-state index is 12.6. The molecule has 0 radical (unpaired) electrons. The predicted octanol–water partition coefficient (Wildman–Crippen LogP) is -0.947. The van der Waals surface area contributed by atoms with Crippen LogP contribution in [0, 0.1) is 0 Å². The fraction of sp³-hybridized carbons (Fsp3) is 0.533. The van der Waals surface area contributed by atoms with Crippen LogP contribution in [0.3, 0.4) is 0 Å². The van der Waals surface area contributed by atoms with E-state index in [1.807, 2.05) is 0 Å². The first-order chi connectivity index (χ1) is 13.2. The van der Waals surface area contributed by atoms with Gasteiger partial charge in [-0.05, 0) is 37.8 Å². The van der Waals surface area contributed by atoms with Crippen LogP contribution in [0.2, 0.25) is 0 Å². The Hall–Kier alpha value is -2.06. The van der Waals surface area contributed by atoms with E-state index in [0.717, 1.165) is 0 Å². The molecule has 6 N–H and O–H groups in total. The molecule has 2 heterocycles. The van der Waals surface area contributed by atoms with Crippen molar-refractivity contribution >= 4 is 39.2 Å². The predicted molar refractivity (Wildman–Crippen MR) is 103 cm³/mol. The largest absolute Gasteiger partial charge is 0.395 e. The third-order valence-corrected chi connectivity index (χ3v) is 6.00. The minimum atomic E-state index is -4.67. The topological polar surface area (TPSA) is 177 Å². The lowest BCUT2D eigenvalue weighted by Gasteiger charge is -2.42. The Balaban J connectivity index is 2.03. The molecule has 1 aliphatic rings. The van der Waals surface area contributed by atoms with Crippen molar-refractivity contribution < 1.29 is 27.4 Å². The van der Waals surface area contributed by atoms with Crippen molar-refractivity contribution in [2.45, 2.75) is 37.9 Å². The summed E-state index contributed by atoms with van der Waals surface area (Å²) in [6.45, 7) is 2.03. The third kappa shape index (κ3) is 5.26. The number of nitrogens with zero attached hydrogens (tertiary/aromatic N) is 2. The quantitative estimate of drug-likeness (QED) is 0.120. The van der Waals surface area contributed by atoms with Gasteiger partial charge in [-0.25, -0.2) is 4.31 Å². The summed E-state index contributed by atoms with van der Waals surface area (Å²) in [4.78, 5) is 30.2. The van der Waals surface area contributed by atoms with E-state index >= 15 is 0 Å². The van der Waals surface area contributed by atoms with Gasteiger partial charge in [0.1, 0.15) is 12.6 Å². The van der Waals surface area contributed by atoms with Gasteiger partial charge in [-0.2, -0.15) is 8.42 Å². The summed E-state index contributed by atoms with van der Waals surface area (Å²) in [7, 11) is -4.67. The molecule has 0 spiro atoms. The molecule has 156 valence electrons. The maximum Gasteiger partial charge on any atom is 0.362 e. The van der Waals surface area contributed by atoms with Gasteiger partial charge >= 0.3 is 10.3 Å². The molecular weight excluding hydrogens is 410 g/mol. The number of β-lactam (4-membered cyclic amide) rings is 1. The van der Waals surface area contributed by atoms with Gasteiger partial charge in [-0.1, -0.05) is 11.2 Å². The molecule has 1 saturated heterocycles. The summed E-state index contributed by atoms with van der Waals surface area (Å²) in [6.07, 6.45) is 1.14. The van der Waals surface area contributed by atoms with E-state index in [1.54, 1.807) is 17.5 Å². The van der Waals surface area contributed by atoms with Gasteiger partial charge in [-0.3, -0.25) is 14.1 Å². The first-order valence-corrected chi connectivity index (χ1v) is 10.8. The summed E-state index contributed by atoms with van der Waals surface area (Å²) in [5, 5.41) is 8.03. The Labute approximate surface area is 166 Å². The number of hydrogen-bond donors (Lipinski definition) is 4. The fourth-order valence-electron chi connectivity index (χ4n) is 2.60. The zero-order valence-electron chi connectivity index (χ0n) is 15.1. The first kappa shape index (κ1) is 22.2. The zero-order chi connectivity index (χ0) is 20.9. The molecule has 2 rings (SSSR count). The number of amides is 2. The van der Waals surface area contributed by atoms with Gasteiger partial charge in [0.15, 0.2) is 5.71 Å². The van der Waals surface area contributed by atoms with Crippen LogP contribution in [0.15, 0.2) is 22.7 Å². The maximum atomic E-state index is 12.6. The van der Waals surface area contributed by atoms with Gasteiger partial charge in [-0.15, -0.1) is 11.3 Å². The van der Waals surface area contributed by atoms with E-state index in [9.17, 15) is 18.0 Å². The molecule has 11 nitrogen and oxygen atoms in total. The number of rotatable bonds is 10. The molecular formula is C15H23N5O6S2. The average Bonchev–Trinajstić information content (AvgIpc) is 3.13. The van der Waals surface area contributed by atoms with Crippen LogP contribution >= 0.6 is 11.3 Å². The smallest absolute Gasteiger partial charge is 0.362 e. The van der Waals surface area contributed by atoms with Gasteiger partial charge < -0.3 is 21.6 Å². The molecule has 1 unspecified atom stereocenters. The minimum Gasteiger partial charge on any atom is -0.395 e. The molecule has 1 aliphatic heterocycles. The summed E-state index contributed by atoms with van der Waals surface area (Å²) in [5.74, 6) is -1.63. The fourth-order valence-corrected chi connectivity index (χ4v) is 4.18. The molecule has 0 bridgehead atoms. The highest BCUT2D eigenvalue weighted by atomic mass is 32.2. The molecule has 28 heavy (non-hydrogen) atoms. The highest BCUT2D eigenvalue weighted by molar-refractivity contribution is 7.84. The van der Waals surface area contributed by atoms with E-state index in [4.69, 9.17) is 20.9 Å². The Kier molecular flexibility index (Phi) is 7.48. The summed E-state index contributed by atoms with van der Waals surface area (Å²) >= 11 is 1.25. The van der Waals surface area contributed by atoms with Crippen molar-refractivity contribution in [1.82, 2.24) is 9.62 Å². The van der Waals surface area contributed by atoms with Crippen molar-refractivity contribution in [1.29, 1.82) is 0 Å². The summed E-state index contributed by atoms with van der Waals surface area (Å²) < 4.78 is 31.6. The Morgan fingerprint density at radius 1 is 1.50 bits per heavy atom. The molecule has 1 aromatic rings. The third-order valence-electron chi connectivity index (χ3n) is 4.11. The van der Waals surface area contributed by atoms with Crippen molar-refractivity contribution in [2.24, 2.45) is 16.6 Å². The number of carbonyl (C=O) groups excluding carboxylic acids is 2. The van der Waals surface area contributed by atoms with E-state index in [-0.39, 0.29) is 18.4 Å². The molecule has 0 saturated carbocycles. The Bertz CT molecular complexity index is 826. The zero-order valence-corrected chi connectivity index (χ0v) is 16.8. The molecule has 13 heteroatoms. The number of carbonyl (C=O) groups is 2. The second-order valence-electron chi connectivity index (χ2n) is 6.18. The summed E-state index contributed by atoms with van der Waals surface area (Å²) in [6, 6.07) is 1.21. The monoisotopic (exact) mass is 433 g/mol. The van der Waals surface area contributed by atoms with Crippen molar-refractivity contribution in [3.05, 3.63) is 22.4 Å². The Morgan fingerprint density at radius 3 is 2.75 bits per heavy atom. The van der Waals surface area contributed by atoms with Gasteiger partial charge in [0.2, 0.25) is 0 Å². The van der Waals surface area contributed by atoms with Gasteiger partial charge in [0, 0.05) is 6.04 Å². The first-order valence-electron chi connectivity index (χ1n) is 8.47. The standard InChI is InChI=1S/C15H23N5O6S2/c1-9-12(15(22)20(9)28(23,24)25)18-14(21)13(11-3-2-8-27-11)19-26-7-5-10(17)4-6-16/h2-3,8-10,12H,4-7,16-17H2,1H3,(H,18,21)(H,23,24,25)/b19-13+/t9-,10+,12?/m0/s1. The molecule has 3 atom stereocenters. The van der Waals surface area contributed by atoms with Crippen LogP contribution in [-0.4, -0.2) is 66.1 Å². The molecule has 1 aromatic heterocycles. The van der Waals surface area contributed by atoms with Crippen LogP contribution in [-0.2, 0) is 24.7 Å². The second kappa shape index (κ2) is 9.43. The molecule has 1 fully saturated rings. The van der Waals surface area contributed by atoms with E-state index < -0.39 is 34.2 Å². The SMILES string of the molecule is C[C@H]1C(NC(=O)/C(=N/OCC[C@H](N)CCN)c2cccs2)C(=O)N1S(=O)(=O)O. The Morgan fingerprint density at radius 2 is 2.21 bits per heavy atom. The van der Waals surface area contributed by atoms with E-state index in [1.165, 1.54) is 18.3 Å². The highest BCUT2D eigenvalue weighted by Gasteiger charge is 2.51. The lowest BCUT2D eigenvalue weighted by molar-refractivity contribution is -0.143. The van der Waals surface area contributed by atoms with Crippen molar-refractivity contribution in [3.8, 4) is 0 Å². The normalized spacial score (nSPS) is 21.2. The van der Waals surface area contributed by atoms with Gasteiger partial charge in [0.05, 0.1) is 10.9 Å². The molecule has 0 aliphatic carbocycles. The van der Waals surface area contributed by atoms with Crippen LogP contribution in [0.5, 0.6) is 0 Å². The molecule has 0 aromatic carbocycles. The van der Waals surface area contributed by atoms with E-state index in [0.29, 0.717) is 28.6 Å². The van der Waals surface area contributed by atoms with Crippen LogP contribution in [0.4, 0.5) is 0 Å². The van der Waals surface area contributed by atoms with Crippen LogP contribution in [0.25, 0.3) is 0 Å². The number of nitrogens with one attached hydrogen (secondary N) is 1. The summed E-state index contributed by atoms with van der Waals surface area (Å²) in [5.41, 5.74) is 11.2. The number of thiophene rings is 1. The van der Waals surface area contributed by atoms with Crippen LogP contribution in [0.1, 0.15) is 24.6 Å². The molecule has 2 amide bonds. The number of oxime groups is 1. The van der Waals surface area contributed by atoms with Gasteiger partial charge in [0.25, 0.3) is 11.8 Å². The minimum absolute atomic E-state index is 0.0484. The van der Waals surface area contributed by atoms with Crippen molar-refractivity contribution in [3.63, 3.8) is 0 Å². The lowest BCUT2D eigenvalue weighted by Crippen LogP contribution is -2.71. The number of nitrogens with two attached hydrogens (primary N) is 2. The highest BCUT2D eigenvalue weighted by Crippen LogP contribution is 2.23. The average molecular weight is 434 g/mol. The van der Waals surface area contributed by atoms with E-state index in [2.05, 4.69) is 10.5 Å². The number of hydrogen-bond acceptors (Lipinski definition) is 9.